The molecule has 0 amide bonds. The van der Waals surface area contributed by atoms with E-state index in [1.165, 1.54) is 71.7 Å². The Kier molecular flexibility index (Phi) is 5.36. The van der Waals surface area contributed by atoms with E-state index in [4.69, 9.17) is 0 Å². The molecule has 8 rings (SSSR count). The SMILES string of the molecule is CC(C)c1cc(-c2cccc(-n3c4ccccc4c4ccccc43)c2)cc(-n2c3ccccc3c3ccccc32)c1. The van der Waals surface area contributed by atoms with Gasteiger partial charge < -0.3 is 9.13 Å². The first kappa shape index (κ1) is 23.8. The van der Waals surface area contributed by atoms with Gasteiger partial charge in [0.05, 0.1) is 22.1 Å². The van der Waals surface area contributed by atoms with Crippen molar-refractivity contribution < 1.29 is 0 Å². The van der Waals surface area contributed by atoms with E-state index in [0.717, 1.165) is 0 Å². The fraction of sp³-hybridized carbons (Fsp3) is 0.0769. The summed E-state index contributed by atoms with van der Waals surface area (Å²) in [6, 6.07) is 51.0. The van der Waals surface area contributed by atoms with Crippen molar-refractivity contribution >= 4 is 43.6 Å². The minimum absolute atomic E-state index is 0.405. The molecule has 6 aromatic carbocycles. The van der Waals surface area contributed by atoms with Gasteiger partial charge in [-0.3, -0.25) is 0 Å². The Hall–Kier alpha value is -5.08. The van der Waals surface area contributed by atoms with Crippen LogP contribution in [0.5, 0.6) is 0 Å². The number of fused-ring (bicyclic) bond motifs is 6. The summed E-state index contributed by atoms with van der Waals surface area (Å²) in [5.74, 6) is 0.405. The zero-order valence-electron chi connectivity index (χ0n) is 23.3. The molecular formula is C39H30N2. The molecule has 0 saturated heterocycles. The van der Waals surface area contributed by atoms with Crippen LogP contribution < -0.4 is 0 Å². The molecule has 0 N–H and O–H groups in total. The maximum Gasteiger partial charge on any atom is 0.0541 e. The van der Waals surface area contributed by atoms with Gasteiger partial charge in [0.15, 0.2) is 0 Å². The number of hydrogen-bond donors (Lipinski definition) is 0. The largest absolute Gasteiger partial charge is 0.309 e. The smallest absolute Gasteiger partial charge is 0.0541 e. The molecule has 0 aliphatic rings. The van der Waals surface area contributed by atoms with Gasteiger partial charge in [-0.2, -0.15) is 0 Å². The average Bonchev–Trinajstić information content (AvgIpc) is 3.54. The molecule has 0 aliphatic heterocycles. The van der Waals surface area contributed by atoms with Crippen LogP contribution >= 0.6 is 0 Å². The van der Waals surface area contributed by atoms with Gasteiger partial charge in [0, 0.05) is 32.9 Å². The average molecular weight is 527 g/mol. The van der Waals surface area contributed by atoms with E-state index in [0.29, 0.717) is 5.92 Å². The van der Waals surface area contributed by atoms with E-state index in [1.807, 2.05) is 0 Å². The fourth-order valence-electron chi connectivity index (χ4n) is 6.49. The Morgan fingerprint density at radius 2 is 0.829 bits per heavy atom. The monoisotopic (exact) mass is 526 g/mol. The highest BCUT2D eigenvalue weighted by Gasteiger charge is 2.16. The first-order chi connectivity index (χ1) is 20.2. The number of para-hydroxylation sites is 4. The van der Waals surface area contributed by atoms with Crippen molar-refractivity contribution in [1.29, 1.82) is 0 Å². The summed E-state index contributed by atoms with van der Waals surface area (Å²) in [6.45, 7) is 4.56. The van der Waals surface area contributed by atoms with E-state index in [2.05, 4.69) is 163 Å². The van der Waals surface area contributed by atoms with Crippen LogP contribution in [0.1, 0.15) is 25.3 Å². The minimum atomic E-state index is 0.405. The van der Waals surface area contributed by atoms with Crippen molar-refractivity contribution in [2.24, 2.45) is 0 Å². The highest BCUT2D eigenvalue weighted by molar-refractivity contribution is 6.10. The predicted octanol–water partition coefficient (Wildman–Crippen LogP) is 10.7. The third kappa shape index (κ3) is 3.72. The van der Waals surface area contributed by atoms with Crippen LogP contribution in [0.25, 0.3) is 66.1 Å². The van der Waals surface area contributed by atoms with E-state index in [9.17, 15) is 0 Å². The lowest BCUT2D eigenvalue weighted by Crippen LogP contribution is -1.99. The second-order valence-corrected chi connectivity index (χ2v) is 11.3. The summed E-state index contributed by atoms with van der Waals surface area (Å²) >= 11 is 0. The summed E-state index contributed by atoms with van der Waals surface area (Å²) in [6.07, 6.45) is 0. The van der Waals surface area contributed by atoms with E-state index in [1.54, 1.807) is 0 Å². The molecule has 0 fully saturated rings. The molecule has 2 heterocycles. The number of rotatable bonds is 4. The molecule has 0 aliphatic carbocycles. The summed E-state index contributed by atoms with van der Waals surface area (Å²) in [5.41, 5.74) is 11.1. The molecule has 2 nitrogen and oxygen atoms in total. The summed E-state index contributed by atoms with van der Waals surface area (Å²) in [5, 5.41) is 5.13. The number of hydrogen-bond acceptors (Lipinski definition) is 0. The van der Waals surface area contributed by atoms with Crippen LogP contribution in [-0.2, 0) is 0 Å². The van der Waals surface area contributed by atoms with Gasteiger partial charge in [-0.1, -0.05) is 105 Å². The van der Waals surface area contributed by atoms with Crippen LogP contribution in [0.4, 0.5) is 0 Å². The molecule has 0 spiro atoms. The lowest BCUT2D eigenvalue weighted by atomic mass is 9.96. The zero-order chi connectivity index (χ0) is 27.5. The number of nitrogens with zero attached hydrogens (tertiary/aromatic N) is 2. The maximum atomic E-state index is 2.43. The topological polar surface area (TPSA) is 9.86 Å². The fourth-order valence-corrected chi connectivity index (χ4v) is 6.49. The zero-order valence-corrected chi connectivity index (χ0v) is 23.3. The highest BCUT2D eigenvalue weighted by atomic mass is 15.0. The standard InChI is InChI=1S/C39H30N2/c1-26(2)28-22-29(25-31(24-28)41-38-20-9-5-16-34(38)35-17-6-10-21-39(35)41)27-12-11-13-30(23-27)40-36-18-7-3-14-32(36)33-15-4-8-19-37(33)40/h3-26H,1-2H3. The van der Waals surface area contributed by atoms with Gasteiger partial charge in [-0.15, -0.1) is 0 Å². The van der Waals surface area contributed by atoms with Crippen LogP contribution in [-0.4, -0.2) is 9.13 Å². The lowest BCUT2D eigenvalue weighted by molar-refractivity contribution is 0.865. The van der Waals surface area contributed by atoms with Crippen molar-refractivity contribution in [3.05, 3.63) is 145 Å². The van der Waals surface area contributed by atoms with Gasteiger partial charge >= 0.3 is 0 Å². The van der Waals surface area contributed by atoms with Crippen LogP contribution in [0.3, 0.4) is 0 Å². The summed E-state index contributed by atoms with van der Waals surface area (Å²) in [4.78, 5) is 0. The summed E-state index contributed by atoms with van der Waals surface area (Å²) in [7, 11) is 0. The second kappa shape index (κ2) is 9.25. The van der Waals surface area contributed by atoms with E-state index < -0.39 is 0 Å². The highest BCUT2D eigenvalue weighted by Crippen LogP contribution is 2.37. The molecule has 2 aromatic heterocycles. The Bertz CT molecular complexity index is 2140. The van der Waals surface area contributed by atoms with E-state index >= 15 is 0 Å². The number of aromatic nitrogens is 2. The molecule has 0 radical (unpaired) electrons. The van der Waals surface area contributed by atoms with Crippen molar-refractivity contribution in [2.45, 2.75) is 19.8 Å². The third-order valence-electron chi connectivity index (χ3n) is 8.46. The molecule has 0 saturated carbocycles. The van der Waals surface area contributed by atoms with Crippen LogP contribution in [0.15, 0.2) is 140 Å². The number of benzene rings is 6. The molecule has 0 atom stereocenters. The Balaban J connectivity index is 1.36. The van der Waals surface area contributed by atoms with Gasteiger partial charge in [0.25, 0.3) is 0 Å². The summed E-state index contributed by atoms with van der Waals surface area (Å²) < 4.78 is 4.82. The van der Waals surface area contributed by atoms with Gasteiger partial charge in [-0.25, -0.2) is 0 Å². The Morgan fingerprint density at radius 3 is 1.32 bits per heavy atom. The Morgan fingerprint density at radius 1 is 0.390 bits per heavy atom. The van der Waals surface area contributed by atoms with Crippen molar-refractivity contribution in [3.63, 3.8) is 0 Å². The molecule has 2 heteroatoms. The third-order valence-corrected chi connectivity index (χ3v) is 8.46. The molecule has 196 valence electrons. The van der Waals surface area contributed by atoms with Crippen molar-refractivity contribution in [1.82, 2.24) is 9.13 Å². The van der Waals surface area contributed by atoms with E-state index in [-0.39, 0.29) is 0 Å². The first-order valence-electron chi connectivity index (χ1n) is 14.4. The normalized spacial score (nSPS) is 11.9. The predicted molar refractivity (Wildman–Crippen MR) is 175 cm³/mol. The minimum Gasteiger partial charge on any atom is -0.309 e. The lowest BCUT2D eigenvalue weighted by Gasteiger charge is -2.16. The molecular weight excluding hydrogens is 496 g/mol. The van der Waals surface area contributed by atoms with Crippen molar-refractivity contribution in [3.8, 4) is 22.5 Å². The maximum absolute atomic E-state index is 2.43. The second-order valence-electron chi connectivity index (χ2n) is 11.3. The van der Waals surface area contributed by atoms with Gasteiger partial charge in [-0.05, 0) is 71.1 Å². The van der Waals surface area contributed by atoms with Gasteiger partial charge in [0.2, 0.25) is 0 Å². The molecule has 0 bridgehead atoms. The molecule has 41 heavy (non-hydrogen) atoms. The van der Waals surface area contributed by atoms with Crippen LogP contribution in [0.2, 0.25) is 0 Å². The first-order valence-corrected chi connectivity index (χ1v) is 14.4. The molecule has 0 unspecified atom stereocenters. The van der Waals surface area contributed by atoms with Gasteiger partial charge in [0.1, 0.15) is 0 Å². The van der Waals surface area contributed by atoms with Crippen LogP contribution in [0, 0.1) is 0 Å². The quantitative estimate of drug-likeness (QED) is 0.216. The molecule has 8 aromatic rings. The van der Waals surface area contributed by atoms with Crippen molar-refractivity contribution in [2.75, 3.05) is 0 Å². The Labute approximate surface area is 239 Å².